The van der Waals surface area contributed by atoms with E-state index in [1.54, 1.807) is 17.5 Å². The number of thiophene rings is 1. The van der Waals surface area contributed by atoms with Crippen LogP contribution >= 0.6 is 11.3 Å². The van der Waals surface area contributed by atoms with Gasteiger partial charge in [0.15, 0.2) is 17.1 Å². The summed E-state index contributed by atoms with van der Waals surface area (Å²) in [5.74, 6) is 1.10. The summed E-state index contributed by atoms with van der Waals surface area (Å²) in [6.07, 6.45) is 1.64. The van der Waals surface area contributed by atoms with Gasteiger partial charge in [-0.15, -0.1) is 11.3 Å². The first kappa shape index (κ1) is 10.9. The van der Waals surface area contributed by atoms with Gasteiger partial charge in [-0.3, -0.25) is 9.89 Å². The molecule has 0 aliphatic rings. The van der Waals surface area contributed by atoms with E-state index >= 15 is 0 Å². The molecule has 0 amide bonds. The van der Waals surface area contributed by atoms with E-state index in [1.807, 2.05) is 24.4 Å². The molecule has 2 N–H and O–H groups in total. The normalized spacial score (nSPS) is 10.7. The monoisotopic (exact) mass is 258 g/mol. The van der Waals surface area contributed by atoms with E-state index < -0.39 is 0 Å². The Bertz CT molecular complexity index is 727. The van der Waals surface area contributed by atoms with Crippen LogP contribution in [0.4, 0.5) is 0 Å². The maximum absolute atomic E-state index is 11.8. The number of hydrogen-bond donors (Lipinski definition) is 2. The molecule has 3 rings (SSSR count). The van der Waals surface area contributed by atoms with Crippen molar-refractivity contribution in [2.45, 2.75) is 6.92 Å². The van der Waals surface area contributed by atoms with Gasteiger partial charge in [0.1, 0.15) is 0 Å². The highest BCUT2D eigenvalue weighted by Gasteiger charge is 2.11. The Morgan fingerprint density at radius 2 is 2.28 bits per heavy atom. The number of aryl methyl sites for hydroxylation is 1. The molecular formula is C12H10N4OS. The topological polar surface area (TPSA) is 74.4 Å². The smallest absolute Gasteiger partial charge is 0.192 e. The van der Waals surface area contributed by atoms with Gasteiger partial charge in [-0.25, -0.2) is 4.98 Å². The first-order valence-corrected chi connectivity index (χ1v) is 6.28. The van der Waals surface area contributed by atoms with Gasteiger partial charge in [-0.05, 0) is 18.4 Å². The van der Waals surface area contributed by atoms with Gasteiger partial charge in [0.2, 0.25) is 0 Å². The lowest BCUT2D eigenvalue weighted by Gasteiger charge is -1.95. The Morgan fingerprint density at radius 1 is 1.39 bits per heavy atom. The number of aromatic amines is 2. The Hall–Kier alpha value is -2.21. The lowest BCUT2D eigenvalue weighted by atomic mass is 10.2. The molecule has 0 saturated heterocycles. The molecule has 0 atom stereocenters. The Labute approximate surface area is 107 Å². The van der Waals surface area contributed by atoms with Crippen LogP contribution in [0.1, 0.15) is 5.69 Å². The third-order valence-electron chi connectivity index (χ3n) is 2.54. The average Bonchev–Trinajstić information content (AvgIpc) is 2.99. The standard InChI is InChI=1S/C12H10N4OS/c1-7-5-9(17)8(6-13-7)11-14-12(16-15-11)10-3-2-4-18-10/h2-6H,1H3,(H,13,17)(H,14,15,16). The highest BCUT2D eigenvalue weighted by atomic mass is 32.1. The summed E-state index contributed by atoms with van der Waals surface area (Å²) in [6.45, 7) is 1.83. The molecule has 3 aromatic heterocycles. The second-order valence-corrected chi connectivity index (χ2v) is 4.83. The van der Waals surface area contributed by atoms with Crippen LogP contribution in [0.25, 0.3) is 22.1 Å². The summed E-state index contributed by atoms with van der Waals surface area (Å²) in [7, 11) is 0. The van der Waals surface area contributed by atoms with E-state index in [2.05, 4.69) is 20.2 Å². The lowest BCUT2D eigenvalue weighted by molar-refractivity contribution is 1.09. The molecule has 0 bridgehead atoms. The van der Waals surface area contributed by atoms with Crippen molar-refractivity contribution < 1.29 is 0 Å². The zero-order valence-corrected chi connectivity index (χ0v) is 10.4. The molecule has 0 saturated carbocycles. The third-order valence-corrected chi connectivity index (χ3v) is 3.41. The molecule has 0 aliphatic heterocycles. The second kappa shape index (κ2) is 4.23. The summed E-state index contributed by atoms with van der Waals surface area (Å²) in [6, 6.07) is 5.44. The molecule has 0 fully saturated rings. The lowest BCUT2D eigenvalue weighted by Crippen LogP contribution is -2.05. The molecule has 6 heteroatoms. The van der Waals surface area contributed by atoms with Crippen molar-refractivity contribution in [3.8, 4) is 22.1 Å². The zero-order chi connectivity index (χ0) is 12.5. The molecule has 0 aliphatic carbocycles. The quantitative estimate of drug-likeness (QED) is 0.740. The van der Waals surface area contributed by atoms with Gasteiger partial charge in [0, 0.05) is 18.0 Å². The first-order chi connectivity index (χ1) is 8.74. The van der Waals surface area contributed by atoms with E-state index in [0.29, 0.717) is 17.2 Å². The van der Waals surface area contributed by atoms with Crippen LogP contribution < -0.4 is 5.43 Å². The number of rotatable bonds is 2. The van der Waals surface area contributed by atoms with Crippen LogP contribution in [0.2, 0.25) is 0 Å². The molecule has 0 unspecified atom stereocenters. The highest BCUT2D eigenvalue weighted by molar-refractivity contribution is 7.13. The summed E-state index contributed by atoms with van der Waals surface area (Å²) in [5.41, 5.74) is 1.21. The molecule has 3 aromatic rings. The zero-order valence-electron chi connectivity index (χ0n) is 9.60. The minimum absolute atomic E-state index is 0.0806. The van der Waals surface area contributed by atoms with Crippen LogP contribution in [0, 0.1) is 6.92 Å². The Morgan fingerprint density at radius 3 is 3.00 bits per heavy atom. The van der Waals surface area contributed by atoms with E-state index in [1.165, 1.54) is 6.07 Å². The predicted octanol–water partition coefficient (Wildman–Crippen LogP) is 2.20. The van der Waals surface area contributed by atoms with Crippen LogP contribution in [0.15, 0.2) is 34.6 Å². The summed E-state index contributed by atoms with van der Waals surface area (Å²) < 4.78 is 0. The largest absolute Gasteiger partial charge is 0.364 e. The number of nitrogens with zero attached hydrogens (tertiary/aromatic N) is 2. The summed E-state index contributed by atoms with van der Waals surface area (Å²) in [5, 5.41) is 8.90. The SMILES string of the molecule is Cc1cc(=O)c(-c2n[nH]c(-c3cccs3)n2)c[nH]1. The first-order valence-electron chi connectivity index (χ1n) is 5.40. The van der Waals surface area contributed by atoms with Crippen LogP contribution in [-0.2, 0) is 0 Å². The van der Waals surface area contributed by atoms with Gasteiger partial charge in [0.05, 0.1) is 10.4 Å². The number of nitrogens with one attached hydrogen (secondary N) is 2. The Balaban J connectivity index is 2.06. The van der Waals surface area contributed by atoms with Crippen LogP contribution in [0.3, 0.4) is 0 Å². The van der Waals surface area contributed by atoms with Crippen molar-refractivity contribution in [1.82, 2.24) is 20.2 Å². The number of aromatic nitrogens is 4. The Kier molecular flexibility index (Phi) is 2.56. The van der Waals surface area contributed by atoms with Crippen molar-refractivity contribution in [2.24, 2.45) is 0 Å². The van der Waals surface area contributed by atoms with E-state index in [-0.39, 0.29) is 5.43 Å². The van der Waals surface area contributed by atoms with Crippen molar-refractivity contribution in [1.29, 1.82) is 0 Å². The van der Waals surface area contributed by atoms with E-state index in [0.717, 1.165) is 10.6 Å². The maximum Gasteiger partial charge on any atom is 0.192 e. The fourth-order valence-electron chi connectivity index (χ4n) is 1.65. The summed E-state index contributed by atoms with van der Waals surface area (Å²) >= 11 is 1.57. The average molecular weight is 258 g/mol. The van der Waals surface area contributed by atoms with Gasteiger partial charge in [-0.2, -0.15) is 5.10 Å². The number of hydrogen-bond acceptors (Lipinski definition) is 4. The third kappa shape index (κ3) is 1.86. The van der Waals surface area contributed by atoms with Gasteiger partial charge in [0.25, 0.3) is 0 Å². The molecule has 5 nitrogen and oxygen atoms in total. The fourth-order valence-corrected chi connectivity index (χ4v) is 2.32. The summed E-state index contributed by atoms with van der Waals surface area (Å²) in [4.78, 5) is 20.2. The highest BCUT2D eigenvalue weighted by Crippen LogP contribution is 2.22. The van der Waals surface area contributed by atoms with Crippen molar-refractivity contribution in [2.75, 3.05) is 0 Å². The van der Waals surface area contributed by atoms with Crippen LogP contribution in [0.5, 0.6) is 0 Å². The van der Waals surface area contributed by atoms with Gasteiger partial charge < -0.3 is 4.98 Å². The maximum atomic E-state index is 11.8. The second-order valence-electron chi connectivity index (χ2n) is 3.88. The minimum atomic E-state index is -0.0806. The van der Waals surface area contributed by atoms with Gasteiger partial charge in [-0.1, -0.05) is 6.07 Å². The fraction of sp³-hybridized carbons (Fsp3) is 0.0833. The van der Waals surface area contributed by atoms with Crippen molar-refractivity contribution in [3.63, 3.8) is 0 Å². The predicted molar refractivity (Wildman–Crippen MR) is 70.5 cm³/mol. The molecule has 0 spiro atoms. The van der Waals surface area contributed by atoms with E-state index in [4.69, 9.17) is 0 Å². The molecule has 3 heterocycles. The molecule has 0 aromatic carbocycles. The van der Waals surface area contributed by atoms with Crippen LogP contribution in [-0.4, -0.2) is 20.2 Å². The molecule has 90 valence electrons. The number of pyridine rings is 1. The molecular weight excluding hydrogens is 248 g/mol. The van der Waals surface area contributed by atoms with Crippen molar-refractivity contribution in [3.05, 3.63) is 45.7 Å². The van der Waals surface area contributed by atoms with Gasteiger partial charge >= 0.3 is 0 Å². The molecule has 0 radical (unpaired) electrons. The van der Waals surface area contributed by atoms with Crippen molar-refractivity contribution >= 4 is 11.3 Å². The van der Waals surface area contributed by atoms with E-state index in [9.17, 15) is 4.79 Å². The molecule has 18 heavy (non-hydrogen) atoms. The number of H-pyrrole nitrogens is 2. The minimum Gasteiger partial charge on any atom is -0.364 e.